The molecule has 2 heterocycles. The van der Waals surface area contributed by atoms with Crippen molar-refractivity contribution in [2.45, 2.75) is 26.4 Å². The van der Waals surface area contributed by atoms with Gasteiger partial charge in [-0.25, -0.2) is 4.98 Å². The predicted molar refractivity (Wildman–Crippen MR) is 100 cm³/mol. The minimum atomic E-state index is -4.48. The zero-order valence-corrected chi connectivity index (χ0v) is 15.7. The Hall–Kier alpha value is -2.83. The highest BCUT2D eigenvalue weighted by molar-refractivity contribution is 5.95. The lowest BCUT2D eigenvalue weighted by Gasteiger charge is -2.27. The summed E-state index contributed by atoms with van der Waals surface area (Å²) in [5.41, 5.74) is 4.54. The smallest absolute Gasteiger partial charge is 0.422 e. The van der Waals surface area contributed by atoms with E-state index in [-0.39, 0.29) is 11.4 Å². The molecule has 4 nitrogen and oxygen atoms in total. The fourth-order valence-corrected chi connectivity index (χ4v) is 3.25. The summed E-state index contributed by atoms with van der Waals surface area (Å²) in [7, 11) is 0. The van der Waals surface area contributed by atoms with E-state index >= 15 is 0 Å². The number of benzene rings is 1. The first-order chi connectivity index (χ1) is 13.2. The molecule has 0 saturated heterocycles. The summed E-state index contributed by atoms with van der Waals surface area (Å²) in [6.07, 6.45) is -0.464. The molecule has 148 valence electrons. The van der Waals surface area contributed by atoms with Crippen LogP contribution in [-0.2, 0) is 0 Å². The van der Waals surface area contributed by atoms with Crippen LogP contribution in [0.15, 0.2) is 42.6 Å². The summed E-state index contributed by atoms with van der Waals surface area (Å²) in [4.78, 5) is 18.3. The van der Waals surface area contributed by atoms with Crippen LogP contribution in [0.2, 0.25) is 0 Å². The normalized spacial score (nSPS) is 14.6. The molecule has 1 aliphatic heterocycles. The van der Waals surface area contributed by atoms with Gasteiger partial charge in [-0.2, -0.15) is 13.2 Å². The Morgan fingerprint density at radius 1 is 1.21 bits per heavy atom. The van der Waals surface area contributed by atoms with Crippen LogP contribution < -0.4 is 4.74 Å². The van der Waals surface area contributed by atoms with Gasteiger partial charge < -0.3 is 9.64 Å². The fraction of sp³-hybridized carbons (Fsp3) is 0.333. The monoisotopic (exact) mass is 390 g/mol. The van der Waals surface area contributed by atoms with Crippen molar-refractivity contribution in [1.29, 1.82) is 0 Å². The highest BCUT2D eigenvalue weighted by atomic mass is 19.4. The first-order valence-electron chi connectivity index (χ1n) is 8.94. The van der Waals surface area contributed by atoms with Crippen LogP contribution in [0, 0.1) is 13.8 Å². The van der Waals surface area contributed by atoms with Crippen LogP contribution in [0.1, 0.15) is 33.6 Å². The fourth-order valence-electron chi connectivity index (χ4n) is 3.25. The first-order valence-corrected chi connectivity index (χ1v) is 8.94. The van der Waals surface area contributed by atoms with E-state index in [1.807, 2.05) is 19.9 Å². The van der Waals surface area contributed by atoms with Gasteiger partial charge >= 0.3 is 6.18 Å². The van der Waals surface area contributed by atoms with Crippen molar-refractivity contribution >= 4 is 11.5 Å². The highest BCUT2D eigenvalue weighted by Gasteiger charge is 2.30. The molecule has 1 aromatic heterocycles. The molecule has 0 saturated carbocycles. The second-order valence-electron chi connectivity index (χ2n) is 6.86. The van der Waals surface area contributed by atoms with Crippen LogP contribution in [0.5, 0.6) is 5.75 Å². The quantitative estimate of drug-likeness (QED) is 0.768. The Balaban J connectivity index is 1.74. The van der Waals surface area contributed by atoms with Gasteiger partial charge in [0, 0.05) is 19.3 Å². The molecular weight excluding hydrogens is 369 g/mol. The topological polar surface area (TPSA) is 42.4 Å². The number of carbonyl (C=O) groups excluding carboxylic acids is 1. The lowest BCUT2D eigenvalue weighted by molar-refractivity contribution is -0.153. The van der Waals surface area contributed by atoms with E-state index in [2.05, 4.69) is 23.2 Å². The minimum Gasteiger partial charge on any atom is -0.482 e. The molecule has 7 heteroatoms. The molecule has 0 radical (unpaired) electrons. The molecule has 0 N–H and O–H groups in total. The van der Waals surface area contributed by atoms with Crippen LogP contribution in [-0.4, -0.2) is 41.7 Å². The number of ether oxygens (including phenoxy) is 1. The zero-order chi connectivity index (χ0) is 20.3. The number of hydrogen-bond donors (Lipinski definition) is 0. The standard InChI is InChI=1S/C21H21F3N2O2/c1-14-10-15(2)12-17(11-14)16-5-8-26(9-6-16)20(27)19-18(4-3-7-25-19)28-13-21(22,23)24/h3-5,7,10-12H,6,8-9,13H2,1-2H3. The van der Waals surface area contributed by atoms with Crippen molar-refractivity contribution in [3.05, 3.63) is 65.0 Å². The molecule has 1 amide bonds. The zero-order valence-electron chi connectivity index (χ0n) is 15.7. The van der Waals surface area contributed by atoms with E-state index in [0.29, 0.717) is 19.5 Å². The molecular formula is C21H21F3N2O2. The maximum Gasteiger partial charge on any atom is 0.422 e. The maximum atomic E-state index is 12.8. The average molecular weight is 390 g/mol. The van der Waals surface area contributed by atoms with E-state index in [4.69, 9.17) is 4.74 Å². The van der Waals surface area contributed by atoms with Crippen LogP contribution in [0.25, 0.3) is 5.57 Å². The second kappa shape index (κ2) is 8.04. The van der Waals surface area contributed by atoms with Crippen molar-refractivity contribution in [2.75, 3.05) is 19.7 Å². The number of aryl methyl sites for hydroxylation is 2. The van der Waals surface area contributed by atoms with Gasteiger partial charge in [0.15, 0.2) is 18.1 Å². The molecule has 2 aromatic rings. The molecule has 0 atom stereocenters. The molecule has 0 fully saturated rings. The number of nitrogens with zero attached hydrogens (tertiary/aromatic N) is 2. The lowest BCUT2D eigenvalue weighted by Crippen LogP contribution is -2.35. The number of halogens is 3. The summed E-state index contributed by atoms with van der Waals surface area (Å²) in [5.74, 6) is -0.595. The maximum absolute atomic E-state index is 12.8. The molecule has 0 spiro atoms. The van der Waals surface area contributed by atoms with Crippen LogP contribution >= 0.6 is 0 Å². The third-order valence-electron chi connectivity index (χ3n) is 4.45. The summed E-state index contributed by atoms with van der Waals surface area (Å²) in [6.45, 7) is 3.46. The molecule has 1 aliphatic rings. The first kappa shape index (κ1) is 19.9. The summed E-state index contributed by atoms with van der Waals surface area (Å²) >= 11 is 0. The van der Waals surface area contributed by atoms with Gasteiger partial charge in [-0.1, -0.05) is 35.4 Å². The molecule has 28 heavy (non-hydrogen) atoms. The van der Waals surface area contributed by atoms with Gasteiger partial charge in [-0.05, 0) is 43.5 Å². The van der Waals surface area contributed by atoms with Crippen molar-refractivity contribution < 1.29 is 22.7 Å². The Morgan fingerprint density at radius 3 is 2.54 bits per heavy atom. The van der Waals surface area contributed by atoms with Crippen LogP contribution in [0.4, 0.5) is 13.2 Å². The second-order valence-corrected chi connectivity index (χ2v) is 6.86. The minimum absolute atomic E-state index is 0.102. The van der Waals surface area contributed by atoms with E-state index in [1.54, 1.807) is 4.90 Å². The van der Waals surface area contributed by atoms with Crippen molar-refractivity contribution in [3.8, 4) is 5.75 Å². The van der Waals surface area contributed by atoms with E-state index in [0.717, 1.165) is 11.1 Å². The molecule has 0 unspecified atom stereocenters. The van der Waals surface area contributed by atoms with Gasteiger partial charge in [0.2, 0.25) is 0 Å². The number of amides is 1. The van der Waals surface area contributed by atoms with E-state index in [9.17, 15) is 18.0 Å². The Morgan fingerprint density at radius 2 is 1.93 bits per heavy atom. The summed E-state index contributed by atoms with van der Waals surface area (Å²) in [5, 5.41) is 0. The summed E-state index contributed by atoms with van der Waals surface area (Å²) in [6, 6.07) is 9.09. The number of alkyl halides is 3. The highest BCUT2D eigenvalue weighted by Crippen LogP contribution is 2.27. The average Bonchev–Trinajstić information content (AvgIpc) is 2.65. The predicted octanol–water partition coefficient (Wildman–Crippen LogP) is 4.57. The van der Waals surface area contributed by atoms with Gasteiger partial charge in [0.1, 0.15) is 0 Å². The Bertz CT molecular complexity index is 887. The van der Waals surface area contributed by atoms with Gasteiger partial charge in [0.25, 0.3) is 5.91 Å². The number of aromatic nitrogens is 1. The largest absolute Gasteiger partial charge is 0.482 e. The SMILES string of the molecule is Cc1cc(C)cc(C2=CCN(C(=O)c3ncccc3OCC(F)(F)F)CC2)c1. The lowest BCUT2D eigenvalue weighted by atomic mass is 9.96. The number of carbonyl (C=O) groups is 1. The summed E-state index contributed by atoms with van der Waals surface area (Å²) < 4.78 is 42.1. The van der Waals surface area contributed by atoms with E-state index in [1.165, 1.54) is 29.5 Å². The molecule has 0 aliphatic carbocycles. The Kier molecular flexibility index (Phi) is 5.72. The van der Waals surface area contributed by atoms with Crippen LogP contribution in [0.3, 0.4) is 0 Å². The third kappa shape index (κ3) is 4.91. The molecule has 1 aromatic carbocycles. The third-order valence-corrected chi connectivity index (χ3v) is 4.45. The van der Waals surface area contributed by atoms with Crippen molar-refractivity contribution in [2.24, 2.45) is 0 Å². The van der Waals surface area contributed by atoms with E-state index < -0.39 is 18.7 Å². The Labute approximate surface area is 161 Å². The molecule has 0 bridgehead atoms. The number of pyridine rings is 1. The van der Waals surface area contributed by atoms with Gasteiger partial charge in [0.05, 0.1) is 0 Å². The van der Waals surface area contributed by atoms with Crippen molar-refractivity contribution in [1.82, 2.24) is 9.88 Å². The number of hydrogen-bond acceptors (Lipinski definition) is 3. The van der Waals surface area contributed by atoms with Gasteiger partial charge in [-0.3, -0.25) is 4.79 Å². The van der Waals surface area contributed by atoms with Crippen molar-refractivity contribution in [3.63, 3.8) is 0 Å². The molecule has 3 rings (SSSR count). The number of rotatable bonds is 4. The van der Waals surface area contributed by atoms with Gasteiger partial charge in [-0.15, -0.1) is 0 Å².